The van der Waals surface area contributed by atoms with E-state index in [9.17, 15) is 4.79 Å². The third-order valence-corrected chi connectivity index (χ3v) is 6.04. The molecular formula is C19H12BrClN4O2S2. The van der Waals surface area contributed by atoms with Crippen molar-refractivity contribution >= 4 is 61.7 Å². The summed E-state index contributed by atoms with van der Waals surface area (Å²) in [7, 11) is 0. The fourth-order valence-electron chi connectivity index (χ4n) is 2.37. The van der Waals surface area contributed by atoms with E-state index in [1.807, 2.05) is 35.7 Å². The van der Waals surface area contributed by atoms with E-state index in [1.165, 1.54) is 11.3 Å². The molecule has 4 rings (SSSR count). The van der Waals surface area contributed by atoms with Crippen LogP contribution < -0.4 is 5.32 Å². The molecule has 0 aliphatic rings. The Morgan fingerprint density at radius 1 is 1.17 bits per heavy atom. The second kappa shape index (κ2) is 9.08. The van der Waals surface area contributed by atoms with Gasteiger partial charge in [-0.15, -0.1) is 21.5 Å². The van der Waals surface area contributed by atoms with Crippen LogP contribution in [-0.4, -0.2) is 26.8 Å². The molecule has 0 saturated carbocycles. The van der Waals surface area contributed by atoms with Gasteiger partial charge in [-0.05, 0) is 30.3 Å². The number of carbonyl (C=O) groups is 1. The second-order valence-corrected chi connectivity index (χ2v) is 8.90. The zero-order chi connectivity index (χ0) is 20.2. The number of thioether (sulfide) groups is 1. The van der Waals surface area contributed by atoms with E-state index >= 15 is 0 Å². The lowest BCUT2D eigenvalue weighted by Gasteiger charge is -2.00. The number of nitrogens with zero attached hydrogens (tertiary/aromatic N) is 3. The first-order valence-electron chi connectivity index (χ1n) is 8.30. The maximum atomic E-state index is 12.2. The Kier molecular flexibility index (Phi) is 6.29. The molecule has 2 aromatic heterocycles. The highest BCUT2D eigenvalue weighted by atomic mass is 79.9. The van der Waals surface area contributed by atoms with Crippen molar-refractivity contribution in [3.05, 3.63) is 63.4 Å². The summed E-state index contributed by atoms with van der Waals surface area (Å²) in [5.41, 5.74) is 2.52. The van der Waals surface area contributed by atoms with Crippen LogP contribution in [-0.2, 0) is 4.79 Å². The average molecular weight is 508 g/mol. The SMILES string of the molecule is O=C(CSc1nnc(-c2cccc(Cl)c2)o1)Nc1nc(-c2ccc(Br)cc2)cs1. The molecule has 0 atom stereocenters. The Morgan fingerprint density at radius 3 is 2.79 bits per heavy atom. The lowest BCUT2D eigenvalue weighted by Crippen LogP contribution is -2.13. The van der Waals surface area contributed by atoms with Crippen LogP contribution >= 0.6 is 50.6 Å². The molecule has 4 aromatic rings. The summed E-state index contributed by atoms with van der Waals surface area (Å²) in [6, 6.07) is 15.0. The lowest BCUT2D eigenvalue weighted by atomic mass is 10.2. The Morgan fingerprint density at radius 2 is 2.00 bits per heavy atom. The molecule has 2 heterocycles. The fraction of sp³-hybridized carbons (Fsp3) is 0.0526. The summed E-state index contributed by atoms with van der Waals surface area (Å²) in [6.07, 6.45) is 0. The number of aromatic nitrogens is 3. The van der Waals surface area contributed by atoms with Crippen LogP contribution in [0.5, 0.6) is 0 Å². The van der Waals surface area contributed by atoms with Gasteiger partial charge in [-0.25, -0.2) is 4.98 Å². The van der Waals surface area contributed by atoms with Crippen molar-refractivity contribution in [1.82, 2.24) is 15.2 Å². The Bertz CT molecular complexity index is 1150. The fourth-order valence-corrected chi connectivity index (χ4v) is 4.13. The van der Waals surface area contributed by atoms with Gasteiger partial charge < -0.3 is 9.73 Å². The van der Waals surface area contributed by atoms with Crippen LogP contribution in [0.3, 0.4) is 0 Å². The van der Waals surface area contributed by atoms with Crippen LogP contribution in [0.25, 0.3) is 22.7 Å². The van der Waals surface area contributed by atoms with Crippen LogP contribution in [0.2, 0.25) is 5.02 Å². The van der Waals surface area contributed by atoms with Gasteiger partial charge >= 0.3 is 0 Å². The van der Waals surface area contributed by atoms with Gasteiger partial charge in [-0.1, -0.05) is 57.5 Å². The number of hydrogen-bond acceptors (Lipinski definition) is 7. The van der Waals surface area contributed by atoms with Crippen LogP contribution in [0, 0.1) is 0 Å². The molecule has 146 valence electrons. The molecular weight excluding hydrogens is 496 g/mol. The molecule has 1 amide bonds. The summed E-state index contributed by atoms with van der Waals surface area (Å²) >= 11 is 11.9. The van der Waals surface area contributed by atoms with E-state index in [2.05, 4.69) is 36.4 Å². The average Bonchev–Trinajstić information content (AvgIpc) is 3.37. The highest BCUT2D eigenvalue weighted by Crippen LogP contribution is 2.27. The Hall–Kier alpha value is -2.20. The minimum atomic E-state index is -0.200. The number of nitrogens with one attached hydrogen (secondary N) is 1. The van der Waals surface area contributed by atoms with Gasteiger partial charge in [0, 0.05) is 26.0 Å². The molecule has 29 heavy (non-hydrogen) atoms. The van der Waals surface area contributed by atoms with Crippen molar-refractivity contribution in [3.63, 3.8) is 0 Å². The maximum Gasteiger partial charge on any atom is 0.277 e. The van der Waals surface area contributed by atoms with E-state index in [-0.39, 0.29) is 11.7 Å². The van der Waals surface area contributed by atoms with Gasteiger partial charge in [0.25, 0.3) is 5.22 Å². The summed E-state index contributed by atoms with van der Waals surface area (Å²) in [6.45, 7) is 0. The smallest absolute Gasteiger partial charge is 0.277 e. The van der Waals surface area contributed by atoms with Gasteiger partial charge in [-0.2, -0.15) is 0 Å². The molecule has 1 N–H and O–H groups in total. The number of thiazole rings is 1. The molecule has 0 spiro atoms. The van der Waals surface area contributed by atoms with E-state index in [0.717, 1.165) is 33.1 Å². The van der Waals surface area contributed by atoms with Gasteiger partial charge in [0.1, 0.15) is 0 Å². The van der Waals surface area contributed by atoms with Crippen molar-refractivity contribution < 1.29 is 9.21 Å². The first-order valence-corrected chi connectivity index (χ1v) is 11.3. The van der Waals surface area contributed by atoms with E-state index < -0.39 is 0 Å². The molecule has 6 nitrogen and oxygen atoms in total. The number of amides is 1. The predicted octanol–water partition coefficient (Wildman–Crippen LogP) is 6.01. The van der Waals surface area contributed by atoms with Crippen molar-refractivity contribution in [2.24, 2.45) is 0 Å². The van der Waals surface area contributed by atoms with E-state index in [1.54, 1.807) is 18.2 Å². The van der Waals surface area contributed by atoms with Gasteiger partial charge in [-0.3, -0.25) is 4.79 Å². The topological polar surface area (TPSA) is 80.9 Å². The summed E-state index contributed by atoms with van der Waals surface area (Å²) < 4.78 is 6.58. The van der Waals surface area contributed by atoms with Crippen LogP contribution in [0.1, 0.15) is 0 Å². The van der Waals surface area contributed by atoms with E-state index in [0.29, 0.717) is 21.3 Å². The van der Waals surface area contributed by atoms with Crippen molar-refractivity contribution in [2.75, 3.05) is 11.1 Å². The molecule has 0 radical (unpaired) electrons. The highest BCUT2D eigenvalue weighted by Gasteiger charge is 2.13. The standard InChI is InChI=1S/C19H12BrClN4O2S2/c20-13-6-4-11(5-7-13)15-9-28-18(22-15)23-16(26)10-29-19-25-24-17(27-19)12-2-1-3-14(21)8-12/h1-9H,10H2,(H,22,23,26). The molecule has 10 heteroatoms. The minimum Gasteiger partial charge on any atom is -0.411 e. The van der Waals surface area contributed by atoms with Gasteiger partial charge in [0.2, 0.25) is 11.8 Å². The molecule has 0 saturated heterocycles. The normalized spacial score (nSPS) is 10.8. The molecule has 0 fully saturated rings. The number of benzene rings is 2. The lowest BCUT2D eigenvalue weighted by molar-refractivity contribution is -0.113. The Balaban J connectivity index is 1.33. The summed E-state index contributed by atoms with van der Waals surface area (Å²) in [5.74, 6) is 0.286. The molecule has 0 aliphatic heterocycles. The second-order valence-electron chi connectivity index (χ2n) is 5.77. The summed E-state index contributed by atoms with van der Waals surface area (Å²) in [5, 5.41) is 14.1. The van der Waals surface area contributed by atoms with Crippen molar-refractivity contribution in [1.29, 1.82) is 0 Å². The van der Waals surface area contributed by atoms with Gasteiger partial charge in [0.05, 0.1) is 11.4 Å². The predicted molar refractivity (Wildman–Crippen MR) is 119 cm³/mol. The third kappa shape index (κ3) is 5.24. The van der Waals surface area contributed by atoms with Gasteiger partial charge in [0.15, 0.2) is 5.13 Å². The minimum absolute atomic E-state index is 0.129. The third-order valence-electron chi connectivity index (χ3n) is 3.70. The zero-order valence-corrected chi connectivity index (χ0v) is 18.6. The van der Waals surface area contributed by atoms with Crippen molar-refractivity contribution in [3.8, 4) is 22.7 Å². The monoisotopic (exact) mass is 506 g/mol. The maximum absolute atomic E-state index is 12.2. The molecule has 0 unspecified atom stereocenters. The number of anilines is 1. The summed E-state index contributed by atoms with van der Waals surface area (Å²) in [4.78, 5) is 16.7. The number of halogens is 2. The number of hydrogen-bond donors (Lipinski definition) is 1. The molecule has 2 aromatic carbocycles. The number of rotatable bonds is 6. The van der Waals surface area contributed by atoms with E-state index in [4.69, 9.17) is 16.0 Å². The van der Waals surface area contributed by atoms with Crippen LogP contribution in [0.15, 0.2) is 68.0 Å². The highest BCUT2D eigenvalue weighted by molar-refractivity contribution is 9.10. The first kappa shape index (κ1) is 20.1. The quantitative estimate of drug-likeness (QED) is 0.322. The Labute approximate surface area is 187 Å². The first-order chi connectivity index (χ1) is 14.1. The molecule has 0 bridgehead atoms. The largest absolute Gasteiger partial charge is 0.411 e. The zero-order valence-electron chi connectivity index (χ0n) is 14.6. The molecule has 0 aliphatic carbocycles. The number of carbonyl (C=O) groups excluding carboxylic acids is 1. The van der Waals surface area contributed by atoms with Crippen LogP contribution in [0.4, 0.5) is 5.13 Å². The van der Waals surface area contributed by atoms with Crippen molar-refractivity contribution in [2.45, 2.75) is 5.22 Å².